The van der Waals surface area contributed by atoms with Crippen molar-refractivity contribution in [3.8, 4) is 11.5 Å². The summed E-state index contributed by atoms with van der Waals surface area (Å²) >= 11 is 0. The summed E-state index contributed by atoms with van der Waals surface area (Å²) in [6.07, 6.45) is 5.72. The van der Waals surface area contributed by atoms with Gasteiger partial charge in [0.05, 0.1) is 5.41 Å². The van der Waals surface area contributed by atoms with Gasteiger partial charge in [-0.05, 0) is 64.2 Å². The molecule has 220 valence electrons. The second-order valence-corrected chi connectivity index (χ2v) is 10.5. The summed E-state index contributed by atoms with van der Waals surface area (Å²) in [6.45, 7) is 11.1. The van der Waals surface area contributed by atoms with Crippen LogP contribution in [0.1, 0.15) is 105 Å². The maximum absolute atomic E-state index is 12.6. The lowest BCUT2D eigenvalue weighted by Crippen LogP contribution is -2.38. The first-order valence-corrected chi connectivity index (χ1v) is 14.1. The number of carbonyl (C=O) groups excluding carboxylic acids is 4. The van der Waals surface area contributed by atoms with Crippen molar-refractivity contribution < 1.29 is 38.1 Å². The van der Waals surface area contributed by atoms with Crippen molar-refractivity contribution in [1.82, 2.24) is 0 Å². The molecule has 0 aliphatic heterocycles. The van der Waals surface area contributed by atoms with E-state index in [4.69, 9.17) is 24.7 Å². The predicted octanol–water partition coefficient (Wildman–Crippen LogP) is 5.44. The first-order valence-electron chi connectivity index (χ1n) is 14.1. The van der Waals surface area contributed by atoms with Gasteiger partial charge in [0.1, 0.15) is 18.8 Å². The van der Waals surface area contributed by atoms with Crippen molar-refractivity contribution in [1.29, 1.82) is 0 Å². The van der Waals surface area contributed by atoms with Crippen LogP contribution in [0.25, 0.3) is 0 Å². The minimum Gasteiger partial charge on any atom is -0.461 e. The van der Waals surface area contributed by atoms with Crippen LogP contribution in [0, 0.1) is 5.41 Å². The first kappa shape index (κ1) is 34.1. The number of hydrogen-bond acceptors (Lipinski definition) is 9. The highest BCUT2D eigenvalue weighted by Crippen LogP contribution is 2.30. The van der Waals surface area contributed by atoms with Gasteiger partial charge in [-0.15, -0.1) is 0 Å². The Hall–Kier alpha value is -2.94. The minimum absolute atomic E-state index is 0.0722. The molecule has 0 unspecified atom stereocenters. The molecule has 0 saturated carbocycles. The maximum Gasteiger partial charge on any atom is 0.323 e. The van der Waals surface area contributed by atoms with Gasteiger partial charge >= 0.3 is 23.9 Å². The molecule has 0 spiro atoms. The Morgan fingerprint density at radius 1 is 0.872 bits per heavy atom. The average molecular weight is 550 g/mol. The van der Waals surface area contributed by atoms with E-state index in [9.17, 15) is 19.2 Å². The smallest absolute Gasteiger partial charge is 0.323 e. The fourth-order valence-corrected chi connectivity index (χ4v) is 3.42. The van der Waals surface area contributed by atoms with E-state index in [1.54, 1.807) is 32.9 Å². The van der Waals surface area contributed by atoms with Crippen LogP contribution in [0.15, 0.2) is 18.2 Å². The summed E-state index contributed by atoms with van der Waals surface area (Å²) in [7, 11) is 0. The largest absolute Gasteiger partial charge is 0.461 e. The topological polar surface area (TPSA) is 131 Å². The molecule has 1 rings (SSSR count). The quantitative estimate of drug-likeness (QED) is 0.144. The van der Waals surface area contributed by atoms with E-state index in [1.165, 1.54) is 6.07 Å². The summed E-state index contributed by atoms with van der Waals surface area (Å²) in [5.74, 6) is -1.60. The van der Waals surface area contributed by atoms with E-state index in [1.807, 2.05) is 20.8 Å². The predicted molar refractivity (Wildman–Crippen MR) is 148 cm³/mol. The molecular formula is C30H47NO8. The molecule has 0 fully saturated rings. The van der Waals surface area contributed by atoms with E-state index >= 15 is 0 Å². The number of nitrogens with two attached hydrogens (primary N) is 1. The zero-order chi connectivity index (χ0) is 29.4. The van der Waals surface area contributed by atoms with Gasteiger partial charge in [0.2, 0.25) is 0 Å². The van der Waals surface area contributed by atoms with Gasteiger partial charge in [-0.3, -0.25) is 19.2 Å². The van der Waals surface area contributed by atoms with Crippen LogP contribution in [0.3, 0.4) is 0 Å². The maximum atomic E-state index is 12.6. The highest BCUT2D eigenvalue weighted by molar-refractivity contribution is 5.78. The Labute approximate surface area is 233 Å². The molecule has 0 saturated heterocycles. The van der Waals surface area contributed by atoms with Crippen LogP contribution in [0.2, 0.25) is 0 Å². The highest BCUT2D eigenvalue weighted by Gasteiger charge is 2.28. The van der Waals surface area contributed by atoms with E-state index in [-0.39, 0.29) is 43.3 Å². The normalized spacial score (nSPS) is 12.8. The van der Waals surface area contributed by atoms with Crippen LogP contribution >= 0.6 is 0 Å². The van der Waals surface area contributed by atoms with Crippen molar-refractivity contribution in [2.24, 2.45) is 11.1 Å². The van der Waals surface area contributed by atoms with Crippen LogP contribution < -0.4 is 15.2 Å². The lowest BCUT2D eigenvalue weighted by Gasteiger charge is -2.22. The summed E-state index contributed by atoms with van der Waals surface area (Å²) in [4.78, 5) is 49.4. The molecule has 9 heteroatoms. The van der Waals surface area contributed by atoms with Crippen LogP contribution in [0.4, 0.5) is 0 Å². The summed E-state index contributed by atoms with van der Waals surface area (Å²) in [5.41, 5.74) is 6.07. The fourth-order valence-electron chi connectivity index (χ4n) is 3.42. The molecule has 0 aromatic heterocycles. The summed E-state index contributed by atoms with van der Waals surface area (Å²) in [5, 5.41) is 0. The lowest BCUT2D eigenvalue weighted by atomic mass is 9.91. The molecule has 0 radical (unpaired) electrons. The summed E-state index contributed by atoms with van der Waals surface area (Å²) < 4.78 is 21.6. The molecule has 2 atom stereocenters. The van der Waals surface area contributed by atoms with Gasteiger partial charge in [0.15, 0.2) is 11.5 Å². The van der Waals surface area contributed by atoms with E-state index in [2.05, 4.69) is 0 Å². The second kappa shape index (κ2) is 17.6. The lowest BCUT2D eigenvalue weighted by molar-refractivity contribution is -0.164. The summed E-state index contributed by atoms with van der Waals surface area (Å²) in [6, 6.07) is 3.74. The first-order chi connectivity index (χ1) is 18.4. The molecule has 0 heterocycles. The second-order valence-electron chi connectivity index (χ2n) is 10.5. The molecule has 2 N–H and O–H groups in total. The monoisotopic (exact) mass is 549 g/mol. The Morgan fingerprint density at radius 3 is 1.97 bits per heavy atom. The number of esters is 4. The molecule has 9 nitrogen and oxygen atoms in total. The van der Waals surface area contributed by atoms with Gasteiger partial charge in [0, 0.05) is 12.8 Å². The molecule has 0 aliphatic rings. The third kappa shape index (κ3) is 13.1. The van der Waals surface area contributed by atoms with Gasteiger partial charge in [-0.1, -0.05) is 52.5 Å². The number of hydrogen-bond donors (Lipinski definition) is 1. The SMILES string of the molecule is CCCCCC(=O)Oc1ccc(C[C@H](N)C(=O)O[C@@H](C)COC(=O)C(C)(C)CC)cc1OC(=O)CCCCC. The van der Waals surface area contributed by atoms with E-state index in [0.29, 0.717) is 24.8 Å². The van der Waals surface area contributed by atoms with Crippen molar-refractivity contribution >= 4 is 23.9 Å². The molecule has 1 aromatic rings. The zero-order valence-corrected chi connectivity index (χ0v) is 24.5. The Bertz CT molecular complexity index is 943. The Morgan fingerprint density at radius 2 is 1.44 bits per heavy atom. The van der Waals surface area contributed by atoms with Crippen LogP contribution in [-0.2, 0) is 35.1 Å². The van der Waals surface area contributed by atoms with Gasteiger partial charge in [-0.2, -0.15) is 0 Å². The molecule has 1 aromatic carbocycles. The van der Waals surface area contributed by atoms with Crippen molar-refractivity contribution in [2.75, 3.05) is 6.61 Å². The molecule has 0 amide bonds. The average Bonchev–Trinajstić information content (AvgIpc) is 2.88. The van der Waals surface area contributed by atoms with Crippen LogP contribution in [-0.4, -0.2) is 42.6 Å². The third-order valence-corrected chi connectivity index (χ3v) is 6.39. The van der Waals surface area contributed by atoms with Crippen molar-refractivity contribution in [3.05, 3.63) is 23.8 Å². The minimum atomic E-state index is -1.01. The fraction of sp³-hybridized carbons (Fsp3) is 0.667. The van der Waals surface area contributed by atoms with Crippen LogP contribution in [0.5, 0.6) is 11.5 Å². The number of ether oxygens (including phenoxy) is 4. The van der Waals surface area contributed by atoms with E-state index in [0.717, 1.165) is 25.7 Å². The third-order valence-electron chi connectivity index (χ3n) is 6.39. The number of rotatable bonds is 18. The number of benzene rings is 1. The number of carbonyl (C=O) groups is 4. The molecule has 39 heavy (non-hydrogen) atoms. The van der Waals surface area contributed by atoms with Gasteiger partial charge in [-0.25, -0.2) is 0 Å². The standard InChI is InChI=1S/C30H47NO8/c1-7-10-12-14-26(32)38-24-17-16-22(19-25(24)39-27(33)15-13-11-8-2)18-23(31)28(34)37-21(4)20-36-29(35)30(5,6)9-3/h16-17,19,21,23H,7-15,18,20,31H2,1-6H3/t21-,23-/m0/s1. The highest BCUT2D eigenvalue weighted by atomic mass is 16.6. The van der Waals surface area contributed by atoms with Crippen molar-refractivity contribution in [2.45, 2.75) is 118 Å². The van der Waals surface area contributed by atoms with E-state index < -0.39 is 35.5 Å². The molecule has 0 aliphatic carbocycles. The molecular weight excluding hydrogens is 502 g/mol. The number of unbranched alkanes of at least 4 members (excludes halogenated alkanes) is 4. The van der Waals surface area contributed by atoms with Gasteiger partial charge in [0.25, 0.3) is 0 Å². The van der Waals surface area contributed by atoms with Crippen molar-refractivity contribution in [3.63, 3.8) is 0 Å². The zero-order valence-electron chi connectivity index (χ0n) is 24.5. The Kier molecular flexibility index (Phi) is 15.4. The van der Waals surface area contributed by atoms with Gasteiger partial charge < -0.3 is 24.7 Å². The Balaban J connectivity index is 2.85. The molecule has 0 bridgehead atoms.